The summed E-state index contributed by atoms with van der Waals surface area (Å²) in [7, 11) is 7.31. The van der Waals surface area contributed by atoms with Gasteiger partial charge in [-0.2, -0.15) is 0 Å². The lowest BCUT2D eigenvalue weighted by molar-refractivity contribution is -0.121. The molecule has 2 aromatic carbocycles. The number of benzene rings is 2. The minimum Gasteiger partial charge on any atom is -0.497 e. The van der Waals surface area contributed by atoms with Gasteiger partial charge in [0.15, 0.2) is 0 Å². The Bertz CT molecular complexity index is 716. The summed E-state index contributed by atoms with van der Waals surface area (Å²) in [4.78, 5) is 14.4. The molecule has 0 aliphatic rings. The van der Waals surface area contributed by atoms with E-state index in [2.05, 4.69) is 10.2 Å². The number of nitrogens with zero attached hydrogens (tertiary/aromatic N) is 1. The quantitative estimate of drug-likeness (QED) is 0.750. The van der Waals surface area contributed by atoms with Crippen molar-refractivity contribution in [2.45, 2.75) is 18.9 Å². The maximum absolute atomic E-state index is 12.3. The molecular formula is C21H28N2O3. The third kappa shape index (κ3) is 5.49. The largest absolute Gasteiger partial charge is 0.497 e. The Hall–Kier alpha value is -2.53. The number of hydrogen-bond acceptors (Lipinski definition) is 4. The molecule has 2 rings (SSSR count). The van der Waals surface area contributed by atoms with Crippen molar-refractivity contribution in [3.05, 3.63) is 59.7 Å². The lowest BCUT2D eigenvalue weighted by Crippen LogP contribution is -2.34. The van der Waals surface area contributed by atoms with E-state index in [1.165, 1.54) is 0 Å². The molecule has 1 unspecified atom stereocenters. The molecule has 0 fully saturated rings. The molecular weight excluding hydrogens is 328 g/mol. The van der Waals surface area contributed by atoms with Crippen LogP contribution in [0.4, 0.5) is 0 Å². The first kappa shape index (κ1) is 19.8. The minimum absolute atomic E-state index is 0.0330. The highest BCUT2D eigenvalue weighted by Crippen LogP contribution is 2.22. The highest BCUT2D eigenvalue weighted by Gasteiger charge is 2.16. The Morgan fingerprint density at radius 2 is 1.85 bits per heavy atom. The van der Waals surface area contributed by atoms with Gasteiger partial charge in [0.2, 0.25) is 5.91 Å². The number of carbonyl (C=O) groups is 1. The van der Waals surface area contributed by atoms with Gasteiger partial charge < -0.3 is 19.7 Å². The van der Waals surface area contributed by atoms with E-state index < -0.39 is 0 Å². The molecule has 0 aliphatic heterocycles. The van der Waals surface area contributed by atoms with Crippen molar-refractivity contribution in [2.75, 3.05) is 34.9 Å². The summed E-state index contributed by atoms with van der Waals surface area (Å²) in [5.41, 5.74) is 2.15. The Morgan fingerprint density at radius 1 is 1.08 bits per heavy atom. The molecule has 5 nitrogen and oxygen atoms in total. The monoisotopic (exact) mass is 356 g/mol. The summed E-state index contributed by atoms with van der Waals surface area (Å²) in [5.74, 6) is 1.67. The van der Waals surface area contributed by atoms with Crippen LogP contribution in [-0.4, -0.2) is 45.7 Å². The summed E-state index contributed by atoms with van der Waals surface area (Å²) < 4.78 is 10.6. The van der Waals surface area contributed by atoms with E-state index in [4.69, 9.17) is 9.47 Å². The van der Waals surface area contributed by atoms with E-state index in [1.54, 1.807) is 14.2 Å². The van der Waals surface area contributed by atoms with Crippen LogP contribution in [0.5, 0.6) is 11.5 Å². The summed E-state index contributed by atoms with van der Waals surface area (Å²) in [6, 6.07) is 15.8. The molecule has 0 spiro atoms. The van der Waals surface area contributed by atoms with E-state index in [0.29, 0.717) is 19.4 Å². The maximum atomic E-state index is 12.3. The third-order valence-corrected chi connectivity index (χ3v) is 4.41. The lowest BCUT2D eigenvalue weighted by Gasteiger charge is -2.25. The van der Waals surface area contributed by atoms with Gasteiger partial charge >= 0.3 is 0 Å². The summed E-state index contributed by atoms with van der Waals surface area (Å²) >= 11 is 0. The fourth-order valence-corrected chi connectivity index (χ4v) is 2.90. The van der Waals surface area contributed by atoms with Crippen LogP contribution in [0.25, 0.3) is 0 Å². The lowest BCUT2D eigenvalue weighted by atomic mass is 10.0. The van der Waals surface area contributed by atoms with Gasteiger partial charge in [0.05, 0.1) is 20.3 Å². The van der Waals surface area contributed by atoms with Crippen molar-refractivity contribution in [3.63, 3.8) is 0 Å². The molecule has 1 N–H and O–H groups in total. The number of nitrogens with one attached hydrogen (secondary N) is 1. The summed E-state index contributed by atoms with van der Waals surface area (Å²) in [6.45, 7) is 0.547. The van der Waals surface area contributed by atoms with Gasteiger partial charge in [0.25, 0.3) is 0 Å². The molecule has 0 saturated heterocycles. The number of amides is 1. The van der Waals surface area contributed by atoms with Crippen molar-refractivity contribution >= 4 is 5.91 Å². The highest BCUT2D eigenvalue weighted by molar-refractivity contribution is 5.76. The average molecular weight is 356 g/mol. The van der Waals surface area contributed by atoms with Gasteiger partial charge in [-0.15, -0.1) is 0 Å². The van der Waals surface area contributed by atoms with Crippen molar-refractivity contribution < 1.29 is 14.3 Å². The highest BCUT2D eigenvalue weighted by atomic mass is 16.5. The fourth-order valence-electron chi connectivity index (χ4n) is 2.90. The molecule has 1 amide bonds. The Morgan fingerprint density at radius 3 is 2.54 bits per heavy atom. The van der Waals surface area contributed by atoms with Crippen LogP contribution in [-0.2, 0) is 11.2 Å². The van der Waals surface area contributed by atoms with Gasteiger partial charge in [-0.25, -0.2) is 0 Å². The molecule has 5 heteroatoms. The number of ether oxygens (including phenoxy) is 2. The van der Waals surface area contributed by atoms with Gasteiger partial charge in [0.1, 0.15) is 11.5 Å². The second-order valence-corrected chi connectivity index (χ2v) is 6.37. The molecule has 0 saturated carbocycles. The van der Waals surface area contributed by atoms with Crippen LogP contribution in [0.15, 0.2) is 48.5 Å². The predicted molar refractivity (Wildman–Crippen MR) is 104 cm³/mol. The molecule has 2 aromatic rings. The van der Waals surface area contributed by atoms with Crippen molar-refractivity contribution in [2.24, 2.45) is 0 Å². The number of rotatable bonds is 9. The second kappa shape index (κ2) is 9.82. The number of carbonyl (C=O) groups excluding carboxylic acids is 1. The standard InChI is InChI=1S/C21H28N2O3/c1-23(2)19(17-9-7-10-18(14-17)25-3)15-22-21(24)13-12-16-8-5-6-11-20(16)26-4/h5-11,14,19H,12-13,15H2,1-4H3,(H,22,24). The zero-order chi connectivity index (χ0) is 18.9. The van der Waals surface area contributed by atoms with E-state index in [-0.39, 0.29) is 11.9 Å². The number of methoxy groups -OCH3 is 2. The molecule has 140 valence electrons. The van der Waals surface area contributed by atoms with Crippen molar-refractivity contribution in [1.29, 1.82) is 0 Å². The summed E-state index contributed by atoms with van der Waals surface area (Å²) in [6.07, 6.45) is 1.08. The fraction of sp³-hybridized carbons (Fsp3) is 0.381. The molecule has 0 radical (unpaired) electrons. The van der Waals surface area contributed by atoms with Gasteiger partial charge in [-0.3, -0.25) is 4.79 Å². The molecule has 0 aromatic heterocycles. The normalized spacial score (nSPS) is 11.9. The van der Waals surface area contributed by atoms with Crippen molar-refractivity contribution in [1.82, 2.24) is 10.2 Å². The smallest absolute Gasteiger partial charge is 0.220 e. The first-order valence-corrected chi connectivity index (χ1v) is 8.74. The van der Waals surface area contributed by atoms with Crippen LogP contribution >= 0.6 is 0 Å². The third-order valence-electron chi connectivity index (χ3n) is 4.41. The van der Waals surface area contributed by atoms with E-state index in [9.17, 15) is 4.79 Å². The Labute approximate surface area is 155 Å². The maximum Gasteiger partial charge on any atom is 0.220 e. The molecule has 0 bridgehead atoms. The zero-order valence-corrected chi connectivity index (χ0v) is 16.0. The van der Waals surface area contributed by atoms with Crippen LogP contribution in [0.1, 0.15) is 23.6 Å². The Kier molecular flexibility index (Phi) is 7.48. The topological polar surface area (TPSA) is 50.8 Å². The Balaban J connectivity index is 1.93. The second-order valence-electron chi connectivity index (χ2n) is 6.37. The van der Waals surface area contributed by atoms with E-state index >= 15 is 0 Å². The van der Waals surface area contributed by atoms with Crippen molar-refractivity contribution in [3.8, 4) is 11.5 Å². The number of aryl methyl sites for hydroxylation is 1. The molecule has 0 heterocycles. The first-order chi connectivity index (χ1) is 12.5. The average Bonchev–Trinajstić information content (AvgIpc) is 2.66. The number of hydrogen-bond donors (Lipinski definition) is 1. The number of likely N-dealkylation sites (N-methyl/N-ethyl adjacent to an activating group) is 1. The van der Waals surface area contributed by atoms with Crippen LogP contribution in [0, 0.1) is 0 Å². The number of para-hydroxylation sites is 1. The van der Waals surface area contributed by atoms with Crippen LogP contribution in [0.3, 0.4) is 0 Å². The van der Waals surface area contributed by atoms with Gasteiger partial charge in [-0.05, 0) is 49.8 Å². The SMILES string of the molecule is COc1cccc(C(CNC(=O)CCc2ccccc2OC)N(C)C)c1. The molecule has 0 aliphatic carbocycles. The predicted octanol–water partition coefficient (Wildman–Crippen LogP) is 3.06. The minimum atomic E-state index is 0.0330. The van der Waals surface area contributed by atoms with E-state index in [1.807, 2.05) is 62.6 Å². The van der Waals surface area contributed by atoms with Gasteiger partial charge in [0, 0.05) is 13.0 Å². The van der Waals surface area contributed by atoms with E-state index in [0.717, 1.165) is 22.6 Å². The summed E-state index contributed by atoms with van der Waals surface area (Å²) in [5, 5.41) is 3.05. The van der Waals surface area contributed by atoms with Crippen LogP contribution < -0.4 is 14.8 Å². The molecule has 1 atom stereocenters. The first-order valence-electron chi connectivity index (χ1n) is 8.74. The zero-order valence-electron chi connectivity index (χ0n) is 16.0. The van der Waals surface area contributed by atoms with Crippen LogP contribution in [0.2, 0.25) is 0 Å². The molecule has 26 heavy (non-hydrogen) atoms. The van der Waals surface area contributed by atoms with Gasteiger partial charge in [-0.1, -0.05) is 30.3 Å².